The monoisotopic (exact) mass is 429 g/mol. The van der Waals surface area contributed by atoms with Crippen LogP contribution in [0.5, 0.6) is 0 Å². The van der Waals surface area contributed by atoms with Crippen LogP contribution in [0.15, 0.2) is 59.5 Å². The number of anilines is 1. The first-order chi connectivity index (χ1) is 14.0. The van der Waals surface area contributed by atoms with E-state index >= 15 is 0 Å². The molecule has 1 N–H and O–H groups in total. The van der Waals surface area contributed by atoms with Crippen LogP contribution in [-0.2, 0) is 4.79 Å². The van der Waals surface area contributed by atoms with Gasteiger partial charge < -0.3 is 15.1 Å². The van der Waals surface area contributed by atoms with Gasteiger partial charge in [-0.15, -0.1) is 11.8 Å². The quantitative estimate of drug-likeness (QED) is 0.558. The third kappa shape index (κ3) is 6.27. The molecule has 29 heavy (non-hydrogen) atoms. The van der Waals surface area contributed by atoms with Gasteiger partial charge in [0.15, 0.2) is 0 Å². The molecule has 2 aromatic carbocycles. The molecular formula is C22H24ClN3O2S. The van der Waals surface area contributed by atoms with Crippen LogP contribution in [0.25, 0.3) is 6.08 Å². The number of hydrogen-bond acceptors (Lipinski definition) is 3. The molecule has 1 heterocycles. The number of benzene rings is 2. The third-order valence-electron chi connectivity index (χ3n) is 4.72. The van der Waals surface area contributed by atoms with E-state index in [0.717, 1.165) is 12.0 Å². The second-order valence-corrected chi connectivity index (χ2v) is 8.03. The van der Waals surface area contributed by atoms with Gasteiger partial charge in [0, 0.05) is 47.9 Å². The highest BCUT2D eigenvalue weighted by Crippen LogP contribution is 2.16. The molecule has 1 saturated heterocycles. The number of nitrogens with zero attached hydrogens (tertiary/aromatic N) is 2. The van der Waals surface area contributed by atoms with Gasteiger partial charge in [-0.1, -0.05) is 23.7 Å². The summed E-state index contributed by atoms with van der Waals surface area (Å²) in [5.41, 5.74) is 1.70. The molecular weight excluding hydrogens is 406 g/mol. The summed E-state index contributed by atoms with van der Waals surface area (Å²) in [5, 5.41) is 3.50. The fraction of sp³-hybridized carbons (Fsp3) is 0.273. The number of carbonyl (C=O) groups excluding carboxylic acids is 2. The Balaban J connectivity index is 1.52. The lowest BCUT2D eigenvalue weighted by atomic mass is 10.2. The summed E-state index contributed by atoms with van der Waals surface area (Å²) in [6.07, 6.45) is 6.22. The number of thioether (sulfide) groups is 1. The zero-order valence-corrected chi connectivity index (χ0v) is 17.9. The van der Waals surface area contributed by atoms with Crippen molar-refractivity contribution in [3.63, 3.8) is 0 Å². The van der Waals surface area contributed by atoms with Crippen molar-refractivity contribution in [1.29, 1.82) is 0 Å². The lowest BCUT2D eigenvalue weighted by molar-refractivity contribution is -0.125. The average molecular weight is 430 g/mol. The van der Waals surface area contributed by atoms with Crippen LogP contribution in [0, 0.1) is 0 Å². The fourth-order valence-corrected chi connectivity index (χ4v) is 3.60. The van der Waals surface area contributed by atoms with Crippen molar-refractivity contribution in [3.05, 3.63) is 65.2 Å². The molecule has 7 heteroatoms. The highest BCUT2D eigenvalue weighted by atomic mass is 35.5. The molecule has 0 radical (unpaired) electrons. The summed E-state index contributed by atoms with van der Waals surface area (Å²) in [4.78, 5) is 29.8. The maximum absolute atomic E-state index is 12.6. The van der Waals surface area contributed by atoms with Gasteiger partial charge in [0.1, 0.15) is 0 Å². The zero-order valence-electron chi connectivity index (χ0n) is 16.3. The summed E-state index contributed by atoms with van der Waals surface area (Å²) in [7, 11) is 0. The van der Waals surface area contributed by atoms with Gasteiger partial charge in [-0.05, 0) is 60.7 Å². The molecule has 3 rings (SSSR count). The molecule has 0 bridgehead atoms. The summed E-state index contributed by atoms with van der Waals surface area (Å²) < 4.78 is 0. The topological polar surface area (TPSA) is 52.7 Å². The molecule has 0 spiro atoms. The summed E-state index contributed by atoms with van der Waals surface area (Å²) in [5.74, 6) is -0.0288. The van der Waals surface area contributed by atoms with E-state index in [-0.39, 0.29) is 11.9 Å². The number of rotatable bonds is 4. The zero-order chi connectivity index (χ0) is 20.6. The van der Waals surface area contributed by atoms with Crippen LogP contribution in [0.2, 0.25) is 5.02 Å². The van der Waals surface area contributed by atoms with Gasteiger partial charge in [0.25, 0.3) is 0 Å². The number of hydrogen-bond donors (Lipinski definition) is 1. The Morgan fingerprint density at radius 3 is 2.31 bits per heavy atom. The third-order valence-corrected chi connectivity index (χ3v) is 5.72. The number of urea groups is 1. The Morgan fingerprint density at radius 1 is 0.966 bits per heavy atom. The Morgan fingerprint density at radius 2 is 1.62 bits per heavy atom. The van der Waals surface area contributed by atoms with E-state index in [1.807, 2.05) is 36.6 Å². The van der Waals surface area contributed by atoms with E-state index in [0.29, 0.717) is 36.9 Å². The molecule has 152 valence electrons. The van der Waals surface area contributed by atoms with Gasteiger partial charge in [-0.25, -0.2) is 4.79 Å². The van der Waals surface area contributed by atoms with E-state index in [2.05, 4.69) is 5.32 Å². The fourth-order valence-electron chi connectivity index (χ4n) is 3.06. The Bertz CT molecular complexity index is 869. The molecule has 2 aromatic rings. The first-order valence-electron chi connectivity index (χ1n) is 9.48. The Hall–Kier alpha value is -2.44. The van der Waals surface area contributed by atoms with Crippen molar-refractivity contribution in [1.82, 2.24) is 9.80 Å². The van der Waals surface area contributed by atoms with Crippen molar-refractivity contribution in [2.45, 2.75) is 11.3 Å². The maximum atomic E-state index is 12.6. The van der Waals surface area contributed by atoms with Crippen molar-refractivity contribution in [2.75, 3.05) is 37.8 Å². The molecule has 3 amide bonds. The van der Waals surface area contributed by atoms with Gasteiger partial charge >= 0.3 is 6.03 Å². The second kappa shape index (κ2) is 10.4. The van der Waals surface area contributed by atoms with Crippen LogP contribution >= 0.6 is 23.4 Å². The predicted molar refractivity (Wildman–Crippen MR) is 120 cm³/mol. The van der Waals surface area contributed by atoms with Crippen LogP contribution in [0.3, 0.4) is 0 Å². The highest BCUT2D eigenvalue weighted by molar-refractivity contribution is 7.98. The normalized spacial score (nSPS) is 14.7. The summed E-state index contributed by atoms with van der Waals surface area (Å²) >= 11 is 7.56. The van der Waals surface area contributed by atoms with E-state index in [1.165, 1.54) is 4.90 Å². The smallest absolute Gasteiger partial charge is 0.321 e. The Labute approximate surface area is 180 Å². The van der Waals surface area contributed by atoms with Gasteiger partial charge in [0.2, 0.25) is 5.91 Å². The standard InChI is InChI=1S/C22H24ClN3O2S/c1-29-20-10-3-17(4-11-20)5-12-21(27)25-13-2-14-26(16-15-25)22(28)24-19-8-6-18(23)7-9-19/h3-12H,2,13-16H2,1H3,(H,24,28)/b12-5+. The molecule has 0 unspecified atom stereocenters. The Kier molecular flexibility index (Phi) is 7.61. The van der Waals surface area contributed by atoms with Crippen LogP contribution in [0.1, 0.15) is 12.0 Å². The minimum Gasteiger partial charge on any atom is -0.337 e. The van der Waals surface area contributed by atoms with Gasteiger partial charge in [0.05, 0.1) is 0 Å². The number of carbonyl (C=O) groups is 2. The molecule has 0 atom stereocenters. The van der Waals surface area contributed by atoms with E-state index in [1.54, 1.807) is 51.9 Å². The molecule has 0 saturated carbocycles. The van der Waals surface area contributed by atoms with Crippen molar-refractivity contribution >= 4 is 47.1 Å². The number of amides is 3. The lowest BCUT2D eigenvalue weighted by Crippen LogP contribution is -2.39. The van der Waals surface area contributed by atoms with Gasteiger partial charge in [-0.2, -0.15) is 0 Å². The predicted octanol–water partition coefficient (Wildman–Crippen LogP) is 4.84. The molecule has 5 nitrogen and oxygen atoms in total. The van der Waals surface area contributed by atoms with E-state index in [9.17, 15) is 9.59 Å². The molecule has 0 aromatic heterocycles. The largest absolute Gasteiger partial charge is 0.337 e. The SMILES string of the molecule is CSc1ccc(/C=C/C(=O)N2CCCN(C(=O)Nc3ccc(Cl)cc3)CC2)cc1. The molecule has 0 aliphatic carbocycles. The van der Waals surface area contributed by atoms with Crippen LogP contribution < -0.4 is 5.32 Å². The highest BCUT2D eigenvalue weighted by Gasteiger charge is 2.21. The first-order valence-corrected chi connectivity index (χ1v) is 11.1. The van der Waals surface area contributed by atoms with Crippen molar-refractivity contribution in [3.8, 4) is 0 Å². The molecule has 1 aliphatic rings. The minimum atomic E-state index is -0.161. The minimum absolute atomic E-state index is 0.0288. The van der Waals surface area contributed by atoms with E-state index < -0.39 is 0 Å². The first kappa shape index (κ1) is 21.3. The van der Waals surface area contributed by atoms with Crippen molar-refractivity contribution < 1.29 is 9.59 Å². The van der Waals surface area contributed by atoms with Crippen LogP contribution in [0.4, 0.5) is 10.5 Å². The van der Waals surface area contributed by atoms with Gasteiger partial charge in [-0.3, -0.25) is 4.79 Å². The molecule has 1 fully saturated rings. The lowest BCUT2D eigenvalue weighted by Gasteiger charge is -2.22. The second-order valence-electron chi connectivity index (χ2n) is 6.71. The number of nitrogens with one attached hydrogen (secondary N) is 1. The number of halogens is 1. The van der Waals surface area contributed by atoms with Crippen LogP contribution in [-0.4, -0.2) is 54.2 Å². The summed E-state index contributed by atoms with van der Waals surface area (Å²) in [6.45, 7) is 2.27. The summed E-state index contributed by atoms with van der Waals surface area (Å²) in [6, 6.07) is 14.9. The average Bonchev–Trinajstić information content (AvgIpc) is 3.00. The van der Waals surface area contributed by atoms with Crippen molar-refractivity contribution in [2.24, 2.45) is 0 Å². The van der Waals surface area contributed by atoms with E-state index in [4.69, 9.17) is 11.6 Å². The molecule has 1 aliphatic heterocycles. The maximum Gasteiger partial charge on any atom is 0.321 e.